The lowest BCUT2D eigenvalue weighted by molar-refractivity contribution is -0.919. The Morgan fingerprint density at radius 1 is 1.22 bits per heavy atom. The second-order valence-corrected chi connectivity index (χ2v) is 7.14. The van der Waals surface area contributed by atoms with Crippen LogP contribution in [-0.4, -0.2) is 38.3 Å². The summed E-state index contributed by atoms with van der Waals surface area (Å²) in [6, 6.07) is 8.08. The summed E-state index contributed by atoms with van der Waals surface area (Å²) in [6.45, 7) is 4.65. The van der Waals surface area contributed by atoms with E-state index in [4.69, 9.17) is 16.3 Å². The second-order valence-electron chi connectivity index (χ2n) is 6.71. The Labute approximate surface area is 143 Å². The van der Waals surface area contributed by atoms with E-state index in [0.717, 1.165) is 56.9 Å². The van der Waals surface area contributed by atoms with Gasteiger partial charge in [0.25, 0.3) is 0 Å². The number of likely N-dealkylation sites (tertiary alicyclic amines) is 1. The SMILES string of the molecule is O=C(NC[C@H]1CCCO1)C1CC[NH+](Cc2ccc(Cl)cc2)CC1. The predicted molar refractivity (Wildman–Crippen MR) is 90.6 cm³/mol. The summed E-state index contributed by atoms with van der Waals surface area (Å²) in [6.07, 6.45) is 4.37. The van der Waals surface area contributed by atoms with Crippen LogP contribution >= 0.6 is 11.6 Å². The third kappa shape index (κ3) is 4.93. The molecule has 4 nitrogen and oxygen atoms in total. The number of halogens is 1. The predicted octanol–water partition coefficient (Wildman–Crippen LogP) is 1.43. The lowest BCUT2D eigenvalue weighted by atomic mass is 9.95. The summed E-state index contributed by atoms with van der Waals surface area (Å²) in [4.78, 5) is 13.8. The molecule has 126 valence electrons. The van der Waals surface area contributed by atoms with Gasteiger partial charge in [-0.2, -0.15) is 0 Å². The number of amides is 1. The van der Waals surface area contributed by atoms with Crippen molar-refractivity contribution in [3.63, 3.8) is 0 Å². The molecule has 0 aromatic heterocycles. The molecule has 1 atom stereocenters. The Morgan fingerprint density at radius 2 is 1.96 bits per heavy atom. The normalized spacial score (nSPS) is 27.8. The molecule has 1 aromatic carbocycles. The highest BCUT2D eigenvalue weighted by Gasteiger charge is 2.28. The first kappa shape index (κ1) is 16.7. The molecule has 2 aliphatic rings. The average molecular weight is 338 g/mol. The number of piperidine rings is 1. The molecule has 0 saturated carbocycles. The first-order chi connectivity index (χ1) is 11.2. The Balaban J connectivity index is 1.39. The molecule has 2 fully saturated rings. The highest BCUT2D eigenvalue weighted by molar-refractivity contribution is 6.30. The van der Waals surface area contributed by atoms with Crippen molar-refractivity contribution in [1.82, 2.24) is 5.32 Å². The number of quaternary nitrogens is 1. The van der Waals surface area contributed by atoms with Gasteiger partial charge in [0.1, 0.15) is 6.54 Å². The molecule has 0 bridgehead atoms. The zero-order valence-electron chi connectivity index (χ0n) is 13.5. The van der Waals surface area contributed by atoms with E-state index in [2.05, 4.69) is 17.4 Å². The molecule has 2 heterocycles. The monoisotopic (exact) mass is 337 g/mol. The maximum absolute atomic E-state index is 12.3. The van der Waals surface area contributed by atoms with Crippen LogP contribution in [0.25, 0.3) is 0 Å². The van der Waals surface area contributed by atoms with E-state index >= 15 is 0 Å². The van der Waals surface area contributed by atoms with Crippen molar-refractivity contribution in [3.8, 4) is 0 Å². The molecule has 0 spiro atoms. The van der Waals surface area contributed by atoms with Gasteiger partial charge in [-0.25, -0.2) is 0 Å². The number of hydrogen-bond donors (Lipinski definition) is 2. The maximum Gasteiger partial charge on any atom is 0.223 e. The average Bonchev–Trinajstić information content (AvgIpc) is 3.09. The van der Waals surface area contributed by atoms with Gasteiger partial charge in [0.15, 0.2) is 0 Å². The fourth-order valence-corrected chi connectivity index (χ4v) is 3.65. The van der Waals surface area contributed by atoms with Crippen molar-refractivity contribution in [2.24, 2.45) is 5.92 Å². The van der Waals surface area contributed by atoms with Crippen molar-refractivity contribution in [1.29, 1.82) is 0 Å². The Morgan fingerprint density at radius 3 is 2.61 bits per heavy atom. The highest BCUT2D eigenvalue weighted by Crippen LogP contribution is 2.13. The second kappa shape index (κ2) is 8.13. The molecular weight excluding hydrogens is 312 g/mol. The summed E-state index contributed by atoms with van der Waals surface area (Å²) < 4.78 is 5.55. The zero-order chi connectivity index (χ0) is 16.1. The summed E-state index contributed by atoms with van der Waals surface area (Å²) in [5, 5.41) is 3.86. The minimum Gasteiger partial charge on any atom is -0.376 e. The number of hydrogen-bond acceptors (Lipinski definition) is 2. The van der Waals surface area contributed by atoms with Crippen LogP contribution in [0.4, 0.5) is 0 Å². The standard InChI is InChI=1S/C18H25ClN2O2/c19-16-5-3-14(4-6-16)13-21-9-7-15(8-10-21)18(22)20-12-17-2-1-11-23-17/h3-6,15,17H,1-2,7-13H2,(H,20,22)/p+1/t17-/m1/s1. The van der Waals surface area contributed by atoms with Crippen LogP contribution in [0.1, 0.15) is 31.2 Å². The molecule has 1 amide bonds. The van der Waals surface area contributed by atoms with Gasteiger partial charge >= 0.3 is 0 Å². The molecule has 3 rings (SSSR count). The third-order valence-corrected chi connectivity index (χ3v) is 5.21. The van der Waals surface area contributed by atoms with Crippen LogP contribution in [0, 0.1) is 5.92 Å². The van der Waals surface area contributed by atoms with Gasteiger partial charge in [0, 0.05) is 42.5 Å². The minimum absolute atomic E-state index is 0.172. The number of carbonyl (C=O) groups is 1. The molecule has 0 radical (unpaired) electrons. The van der Waals surface area contributed by atoms with Gasteiger partial charge in [-0.3, -0.25) is 4.79 Å². The first-order valence-corrected chi connectivity index (χ1v) is 9.06. The van der Waals surface area contributed by atoms with Crippen molar-refractivity contribution < 1.29 is 14.4 Å². The Kier molecular flexibility index (Phi) is 5.92. The van der Waals surface area contributed by atoms with Gasteiger partial charge in [0.05, 0.1) is 19.2 Å². The Hall–Kier alpha value is -1.10. The number of carbonyl (C=O) groups excluding carboxylic acids is 1. The smallest absolute Gasteiger partial charge is 0.223 e. The maximum atomic E-state index is 12.3. The van der Waals surface area contributed by atoms with Gasteiger partial charge < -0.3 is 15.0 Å². The van der Waals surface area contributed by atoms with E-state index in [0.29, 0.717) is 6.54 Å². The topological polar surface area (TPSA) is 42.8 Å². The third-order valence-electron chi connectivity index (χ3n) is 4.96. The van der Waals surface area contributed by atoms with Crippen LogP contribution in [-0.2, 0) is 16.1 Å². The van der Waals surface area contributed by atoms with E-state index in [1.54, 1.807) is 4.90 Å². The lowest BCUT2D eigenvalue weighted by Gasteiger charge is -2.29. The van der Waals surface area contributed by atoms with Gasteiger partial charge in [-0.15, -0.1) is 0 Å². The van der Waals surface area contributed by atoms with Crippen molar-refractivity contribution in [2.75, 3.05) is 26.2 Å². The lowest BCUT2D eigenvalue weighted by Crippen LogP contribution is -3.11. The van der Waals surface area contributed by atoms with Crippen LogP contribution in [0.5, 0.6) is 0 Å². The van der Waals surface area contributed by atoms with Crippen LogP contribution in [0.3, 0.4) is 0 Å². The molecule has 2 N–H and O–H groups in total. The summed E-state index contributed by atoms with van der Waals surface area (Å²) in [7, 11) is 0. The fourth-order valence-electron chi connectivity index (χ4n) is 3.52. The van der Waals surface area contributed by atoms with Crippen LogP contribution < -0.4 is 10.2 Å². The Bertz CT molecular complexity index is 506. The largest absolute Gasteiger partial charge is 0.376 e. The van der Waals surface area contributed by atoms with Gasteiger partial charge in [-0.1, -0.05) is 23.7 Å². The number of ether oxygens (including phenoxy) is 1. The number of benzene rings is 1. The highest BCUT2D eigenvalue weighted by atomic mass is 35.5. The first-order valence-electron chi connectivity index (χ1n) is 8.68. The molecule has 2 aliphatic heterocycles. The summed E-state index contributed by atoms with van der Waals surface area (Å²) in [5.74, 6) is 0.386. The molecule has 0 unspecified atom stereocenters. The minimum atomic E-state index is 0.172. The summed E-state index contributed by atoms with van der Waals surface area (Å²) >= 11 is 5.92. The number of rotatable bonds is 5. The van der Waals surface area contributed by atoms with E-state index in [1.807, 2.05) is 12.1 Å². The molecular formula is C18H26ClN2O2+. The van der Waals surface area contributed by atoms with Gasteiger partial charge in [0.2, 0.25) is 5.91 Å². The molecule has 2 saturated heterocycles. The zero-order valence-corrected chi connectivity index (χ0v) is 14.3. The van der Waals surface area contributed by atoms with Gasteiger partial charge in [-0.05, 0) is 25.0 Å². The molecule has 0 aliphatic carbocycles. The fraction of sp³-hybridized carbons (Fsp3) is 0.611. The molecule has 23 heavy (non-hydrogen) atoms. The van der Waals surface area contributed by atoms with Crippen molar-refractivity contribution in [3.05, 3.63) is 34.9 Å². The van der Waals surface area contributed by atoms with E-state index < -0.39 is 0 Å². The van der Waals surface area contributed by atoms with Crippen LogP contribution in [0.15, 0.2) is 24.3 Å². The van der Waals surface area contributed by atoms with E-state index in [-0.39, 0.29) is 17.9 Å². The summed E-state index contributed by atoms with van der Waals surface area (Å²) in [5.41, 5.74) is 1.31. The van der Waals surface area contributed by atoms with Crippen molar-refractivity contribution in [2.45, 2.75) is 38.3 Å². The van der Waals surface area contributed by atoms with E-state index in [1.165, 1.54) is 5.56 Å². The quantitative estimate of drug-likeness (QED) is 0.853. The number of nitrogens with one attached hydrogen (secondary N) is 2. The molecule has 5 heteroatoms. The van der Waals surface area contributed by atoms with E-state index in [9.17, 15) is 4.79 Å². The van der Waals surface area contributed by atoms with Crippen molar-refractivity contribution >= 4 is 17.5 Å². The van der Waals surface area contributed by atoms with Crippen LogP contribution in [0.2, 0.25) is 5.02 Å². The molecule has 1 aromatic rings.